The van der Waals surface area contributed by atoms with Crippen LogP contribution in [0.15, 0.2) is 5.10 Å². The van der Waals surface area contributed by atoms with E-state index in [0.29, 0.717) is 0 Å². The zero-order chi connectivity index (χ0) is 6.69. The third-order valence-electron chi connectivity index (χ3n) is 0.729. The summed E-state index contributed by atoms with van der Waals surface area (Å²) >= 11 is 0. The zero-order valence-corrected chi connectivity index (χ0v) is 4.47. The summed E-state index contributed by atoms with van der Waals surface area (Å²) < 4.78 is 0. The maximum atomic E-state index is 10.4. The number of amides is 3. The molecule has 5 heteroatoms. The van der Waals surface area contributed by atoms with Gasteiger partial charge in [-0.1, -0.05) is 0 Å². The fourth-order valence-electron chi connectivity index (χ4n) is 0.400. The van der Waals surface area contributed by atoms with Gasteiger partial charge in [0.05, 0.1) is 12.6 Å². The van der Waals surface area contributed by atoms with Gasteiger partial charge in [0, 0.05) is 0 Å². The summed E-state index contributed by atoms with van der Waals surface area (Å²) in [7, 11) is 0. The minimum Gasteiger partial charge on any atom is -0.276 e. The van der Waals surface area contributed by atoms with E-state index in [4.69, 9.17) is 0 Å². The van der Waals surface area contributed by atoms with Crippen LogP contribution < -0.4 is 10.7 Å². The Morgan fingerprint density at radius 1 is 1.56 bits per heavy atom. The quantitative estimate of drug-likeness (QED) is 0.440. The summed E-state index contributed by atoms with van der Waals surface area (Å²) in [5.74, 6) is -0.395. The molecule has 0 unspecified atom stereocenters. The minimum atomic E-state index is -0.606. The number of urea groups is 1. The third-order valence-corrected chi connectivity index (χ3v) is 0.729. The molecule has 1 rings (SSSR count). The molecule has 2 N–H and O–H groups in total. The maximum Gasteiger partial charge on any atom is 0.341 e. The Morgan fingerprint density at radius 3 is 3.11 bits per heavy atom. The van der Waals surface area contributed by atoms with Crippen LogP contribution in [0.4, 0.5) is 4.79 Å². The molecule has 1 aliphatic heterocycles. The summed E-state index contributed by atoms with van der Waals surface area (Å²) in [6.45, 7) is 0. The van der Waals surface area contributed by atoms with Crippen molar-refractivity contribution in [1.29, 1.82) is 0 Å². The van der Waals surface area contributed by atoms with E-state index < -0.39 is 11.9 Å². The molecule has 5 nitrogen and oxygen atoms in total. The Kier molecular flexibility index (Phi) is 1.44. The van der Waals surface area contributed by atoms with Crippen molar-refractivity contribution in [1.82, 2.24) is 10.7 Å². The minimum absolute atomic E-state index is 0.0265. The van der Waals surface area contributed by atoms with Gasteiger partial charge >= 0.3 is 6.03 Å². The van der Waals surface area contributed by atoms with E-state index in [-0.39, 0.29) is 6.42 Å². The molecule has 0 aromatic heterocycles. The van der Waals surface area contributed by atoms with Crippen LogP contribution in [0.3, 0.4) is 0 Å². The lowest BCUT2D eigenvalue weighted by atomic mass is 10.4. The van der Waals surface area contributed by atoms with Crippen LogP contribution in [0.5, 0.6) is 0 Å². The molecule has 0 bridgehead atoms. The molecule has 0 atom stereocenters. The monoisotopic (exact) mass is 126 g/mol. The van der Waals surface area contributed by atoms with Gasteiger partial charge < -0.3 is 0 Å². The smallest absolute Gasteiger partial charge is 0.276 e. The predicted molar refractivity (Wildman–Crippen MR) is 28.7 cm³/mol. The molecule has 47 valence electrons. The van der Waals surface area contributed by atoms with E-state index in [9.17, 15) is 9.59 Å². The molecule has 1 heterocycles. The van der Waals surface area contributed by atoms with Crippen molar-refractivity contribution < 1.29 is 9.59 Å². The summed E-state index contributed by atoms with van der Waals surface area (Å²) in [6.07, 6.45) is 2.33. The standard InChI is InChI=1S/C4H4N3O2/c8-3-1-2-5-7-4(9)6-3/h1H2,(H2,6,7,8,9). The van der Waals surface area contributed by atoms with Crippen LogP contribution in [0.1, 0.15) is 6.42 Å². The van der Waals surface area contributed by atoms with Crippen molar-refractivity contribution in [3.05, 3.63) is 0 Å². The van der Waals surface area contributed by atoms with Gasteiger partial charge in [-0.2, -0.15) is 5.10 Å². The average molecular weight is 126 g/mol. The maximum absolute atomic E-state index is 10.4. The van der Waals surface area contributed by atoms with Crippen LogP contribution >= 0.6 is 0 Å². The Labute approximate surface area is 51.1 Å². The van der Waals surface area contributed by atoms with Crippen molar-refractivity contribution in [2.24, 2.45) is 5.10 Å². The lowest BCUT2D eigenvalue weighted by Crippen LogP contribution is -2.34. The van der Waals surface area contributed by atoms with Crippen molar-refractivity contribution >= 4 is 18.2 Å². The van der Waals surface area contributed by atoms with Crippen LogP contribution in [0.25, 0.3) is 0 Å². The van der Waals surface area contributed by atoms with Crippen LogP contribution in [0, 0.1) is 0 Å². The summed E-state index contributed by atoms with van der Waals surface area (Å²) in [4.78, 5) is 20.7. The predicted octanol–water partition coefficient (Wildman–Crippen LogP) is -0.921. The van der Waals surface area contributed by atoms with E-state index in [1.807, 2.05) is 10.7 Å². The van der Waals surface area contributed by atoms with Crippen molar-refractivity contribution in [3.8, 4) is 0 Å². The van der Waals surface area contributed by atoms with Crippen molar-refractivity contribution in [3.63, 3.8) is 0 Å². The van der Waals surface area contributed by atoms with Crippen molar-refractivity contribution in [2.45, 2.75) is 6.42 Å². The van der Waals surface area contributed by atoms with Gasteiger partial charge in [0.2, 0.25) is 5.91 Å². The number of rotatable bonds is 0. The van der Waals surface area contributed by atoms with Crippen LogP contribution in [-0.2, 0) is 4.79 Å². The van der Waals surface area contributed by atoms with Crippen molar-refractivity contribution in [2.75, 3.05) is 0 Å². The second-order valence-corrected chi connectivity index (χ2v) is 1.44. The SMILES string of the molecule is O=C1C[C]=NNC(=O)N1. The molecule has 0 fully saturated rings. The van der Waals surface area contributed by atoms with E-state index >= 15 is 0 Å². The molecule has 1 aliphatic rings. The number of hydrogen-bond acceptors (Lipinski definition) is 3. The molecular formula is C4H4N3O2. The van der Waals surface area contributed by atoms with Crippen LogP contribution in [-0.4, -0.2) is 18.2 Å². The second kappa shape index (κ2) is 2.25. The molecule has 0 aliphatic carbocycles. The number of nitrogens with one attached hydrogen (secondary N) is 2. The normalized spacial score (nSPS) is 18.2. The van der Waals surface area contributed by atoms with Gasteiger partial charge in [0.1, 0.15) is 0 Å². The highest BCUT2D eigenvalue weighted by Crippen LogP contribution is 1.79. The third kappa shape index (κ3) is 1.52. The molecule has 0 spiro atoms. The lowest BCUT2D eigenvalue weighted by molar-refractivity contribution is -0.118. The number of hydrazone groups is 1. The number of imide groups is 1. The number of hydrogen-bond donors (Lipinski definition) is 2. The fourth-order valence-corrected chi connectivity index (χ4v) is 0.400. The lowest BCUT2D eigenvalue weighted by Gasteiger charge is -1.93. The topological polar surface area (TPSA) is 70.6 Å². The Balaban J connectivity index is 2.60. The Hall–Kier alpha value is -1.39. The van der Waals surface area contributed by atoms with Gasteiger partial charge in [0.25, 0.3) is 0 Å². The molecule has 0 aromatic carbocycles. The highest BCUT2D eigenvalue weighted by molar-refractivity contribution is 6.01. The molecule has 0 saturated carbocycles. The number of carbonyl (C=O) groups is 2. The first kappa shape index (κ1) is 5.74. The van der Waals surface area contributed by atoms with E-state index in [1.54, 1.807) is 0 Å². The van der Waals surface area contributed by atoms with Gasteiger partial charge in [0.15, 0.2) is 0 Å². The Bertz CT molecular complexity index is 157. The fraction of sp³-hybridized carbons (Fsp3) is 0.250. The van der Waals surface area contributed by atoms with Gasteiger partial charge in [-0.3, -0.25) is 10.1 Å². The largest absolute Gasteiger partial charge is 0.341 e. The molecule has 0 aromatic rings. The molecule has 3 amide bonds. The first-order valence-corrected chi connectivity index (χ1v) is 2.31. The van der Waals surface area contributed by atoms with E-state index in [0.717, 1.165) is 0 Å². The number of carbonyl (C=O) groups excluding carboxylic acids is 2. The second-order valence-electron chi connectivity index (χ2n) is 1.44. The zero-order valence-electron chi connectivity index (χ0n) is 4.47. The Morgan fingerprint density at radius 2 is 2.33 bits per heavy atom. The highest BCUT2D eigenvalue weighted by atomic mass is 16.2. The average Bonchev–Trinajstić information content (AvgIpc) is 1.93. The summed E-state index contributed by atoms with van der Waals surface area (Å²) in [5, 5.41) is 5.27. The molecule has 1 radical (unpaired) electrons. The summed E-state index contributed by atoms with van der Waals surface area (Å²) in [6, 6.07) is -0.606. The van der Waals surface area contributed by atoms with Gasteiger partial charge in [-0.25, -0.2) is 10.2 Å². The molecular weight excluding hydrogens is 122 g/mol. The van der Waals surface area contributed by atoms with Gasteiger partial charge in [-0.05, 0) is 0 Å². The van der Waals surface area contributed by atoms with E-state index in [2.05, 4.69) is 11.3 Å². The number of nitrogens with zero attached hydrogens (tertiary/aromatic N) is 1. The first-order valence-electron chi connectivity index (χ1n) is 2.31. The first-order chi connectivity index (χ1) is 4.29. The summed E-state index contributed by atoms with van der Waals surface area (Å²) in [5.41, 5.74) is 2.02. The molecule has 9 heavy (non-hydrogen) atoms. The van der Waals surface area contributed by atoms with Gasteiger partial charge in [-0.15, -0.1) is 0 Å². The molecule has 0 saturated heterocycles. The van der Waals surface area contributed by atoms with Crippen LogP contribution in [0.2, 0.25) is 0 Å². The van der Waals surface area contributed by atoms with E-state index in [1.165, 1.54) is 0 Å². The highest BCUT2D eigenvalue weighted by Gasteiger charge is 2.07.